The lowest BCUT2D eigenvalue weighted by molar-refractivity contribution is 0.0946. The van der Waals surface area contributed by atoms with Gasteiger partial charge < -0.3 is 15.0 Å². The van der Waals surface area contributed by atoms with Crippen LogP contribution in [-0.4, -0.2) is 18.0 Å². The number of aromatic amines is 1. The van der Waals surface area contributed by atoms with Crippen molar-refractivity contribution in [2.45, 2.75) is 6.54 Å². The zero-order valence-corrected chi connectivity index (χ0v) is 12.6. The molecule has 5 heteroatoms. The summed E-state index contributed by atoms with van der Waals surface area (Å²) in [6.07, 6.45) is 0. The summed E-state index contributed by atoms with van der Waals surface area (Å²) >= 11 is 0. The Bertz CT molecular complexity index is 901. The second kappa shape index (κ2) is 6.36. The maximum atomic E-state index is 12.3. The quantitative estimate of drug-likeness (QED) is 0.778. The third-order valence-corrected chi connectivity index (χ3v) is 3.59. The van der Waals surface area contributed by atoms with E-state index in [0.29, 0.717) is 23.1 Å². The molecule has 0 aliphatic heterocycles. The second-order valence-corrected chi connectivity index (χ2v) is 5.13. The van der Waals surface area contributed by atoms with Crippen molar-refractivity contribution in [1.29, 1.82) is 0 Å². The Morgan fingerprint density at radius 3 is 2.65 bits per heavy atom. The highest BCUT2D eigenvalue weighted by atomic mass is 16.5. The molecule has 2 aromatic carbocycles. The van der Waals surface area contributed by atoms with Crippen molar-refractivity contribution in [3.63, 3.8) is 0 Å². The number of amides is 1. The van der Waals surface area contributed by atoms with Crippen LogP contribution in [0, 0.1) is 0 Å². The van der Waals surface area contributed by atoms with Crippen molar-refractivity contribution < 1.29 is 9.53 Å². The first kappa shape index (κ1) is 14.8. The van der Waals surface area contributed by atoms with Gasteiger partial charge in [-0.2, -0.15) is 0 Å². The molecule has 0 bridgehead atoms. The molecule has 116 valence electrons. The van der Waals surface area contributed by atoms with Gasteiger partial charge in [-0.05, 0) is 35.2 Å². The zero-order chi connectivity index (χ0) is 16.2. The van der Waals surface area contributed by atoms with Gasteiger partial charge in [0.05, 0.1) is 7.11 Å². The number of fused-ring (bicyclic) bond motifs is 1. The van der Waals surface area contributed by atoms with Gasteiger partial charge >= 0.3 is 0 Å². The molecule has 1 heterocycles. The summed E-state index contributed by atoms with van der Waals surface area (Å²) in [4.78, 5) is 27.0. The molecule has 0 aliphatic carbocycles. The van der Waals surface area contributed by atoms with Crippen molar-refractivity contribution in [3.05, 3.63) is 76.2 Å². The molecule has 23 heavy (non-hydrogen) atoms. The van der Waals surface area contributed by atoms with Crippen molar-refractivity contribution >= 4 is 16.7 Å². The number of hydrogen-bond acceptors (Lipinski definition) is 3. The molecule has 3 aromatic rings. The number of carbonyl (C=O) groups excluding carboxylic acids is 1. The molecular weight excluding hydrogens is 292 g/mol. The molecule has 5 nitrogen and oxygen atoms in total. The summed E-state index contributed by atoms with van der Waals surface area (Å²) in [5.74, 6) is 0.314. The summed E-state index contributed by atoms with van der Waals surface area (Å²) in [6, 6.07) is 16.4. The Labute approximate surface area is 132 Å². The number of aromatic nitrogens is 1. The summed E-state index contributed by atoms with van der Waals surface area (Å²) in [5.41, 5.74) is 0.923. The van der Waals surface area contributed by atoms with Crippen LogP contribution in [0.3, 0.4) is 0 Å². The number of pyridine rings is 1. The lowest BCUT2D eigenvalue weighted by Gasteiger charge is -2.07. The summed E-state index contributed by atoms with van der Waals surface area (Å²) < 4.78 is 5.16. The van der Waals surface area contributed by atoms with Gasteiger partial charge in [-0.15, -0.1) is 0 Å². The molecule has 0 saturated heterocycles. The highest BCUT2D eigenvalue weighted by Gasteiger charge is 2.10. The SMILES string of the molecule is COc1ccc2c(=O)[nH]c(C(=O)NCc3ccccc3)cc2c1. The van der Waals surface area contributed by atoms with Crippen LogP contribution in [0.1, 0.15) is 16.1 Å². The highest BCUT2D eigenvalue weighted by molar-refractivity contribution is 5.96. The van der Waals surface area contributed by atoms with E-state index in [9.17, 15) is 9.59 Å². The number of methoxy groups -OCH3 is 1. The minimum absolute atomic E-state index is 0.228. The van der Waals surface area contributed by atoms with Crippen LogP contribution in [0.25, 0.3) is 10.8 Å². The Balaban J connectivity index is 1.87. The lowest BCUT2D eigenvalue weighted by atomic mass is 10.1. The van der Waals surface area contributed by atoms with Gasteiger partial charge in [-0.3, -0.25) is 9.59 Å². The maximum Gasteiger partial charge on any atom is 0.268 e. The molecule has 0 unspecified atom stereocenters. The summed E-state index contributed by atoms with van der Waals surface area (Å²) in [6.45, 7) is 0.401. The first-order valence-electron chi connectivity index (χ1n) is 7.20. The average Bonchev–Trinajstić information content (AvgIpc) is 2.60. The van der Waals surface area contributed by atoms with E-state index in [0.717, 1.165) is 5.56 Å². The number of nitrogens with one attached hydrogen (secondary N) is 2. The normalized spacial score (nSPS) is 10.5. The van der Waals surface area contributed by atoms with E-state index in [1.54, 1.807) is 31.4 Å². The Kier molecular flexibility index (Phi) is 4.10. The van der Waals surface area contributed by atoms with Gasteiger partial charge in [0.2, 0.25) is 0 Å². The van der Waals surface area contributed by atoms with Crippen molar-refractivity contribution in [1.82, 2.24) is 10.3 Å². The molecule has 3 rings (SSSR count). The van der Waals surface area contributed by atoms with E-state index >= 15 is 0 Å². The number of benzene rings is 2. The molecule has 0 atom stereocenters. The van der Waals surface area contributed by atoms with Gasteiger partial charge in [0, 0.05) is 11.9 Å². The number of rotatable bonds is 4. The lowest BCUT2D eigenvalue weighted by Crippen LogP contribution is -2.26. The third kappa shape index (κ3) is 3.23. The zero-order valence-electron chi connectivity index (χ0n) is 12.6. The van der Waals surface area contributed by atoms with Crippen LogP contribution in [0.4, 0.5) is 0 Å². The molecule has 1 amide bonds. The van der Waals surface area contributed by atoms with Crippen LogP contribution < -0.4 is 15.6 Å². The van der Waals surface area contributed by atoms with E-state index in [2.05, 4.69) is 10.3 Å². The molecule has 0 radical (unpaired) electrons. The smallest absolute Gasteiger partial charge is 0.268 e. The van der Waals surface area contributed by atoms with Gasteiger partial charge in [-0.1, -0.05) is 30.3 Å². The molecule has 1 aromatic heterocycles. The van der Waals surface area contributed by atoms with Crippen molar-refractivity contribution in [2.24, 2.45) is 0 Å². The number of ether oxygens (including phenoxy) is 1. The average molecular weight is 308 g/mol. The van der Waals surface area contributed by atoms with Gasteiger partial charge in [-0.25, -0.2) is 0 Å². The van der Waals surface area contributed by atoms with Crippen LogP contribution in [0.2, 0.25) is 0 Å². The number of hydrogen-bond donors (Lipinski definition) is 2. The molecule has 2 N–H and O–H groups in total. The largest absolute Gasteiger partial charge is 0.497 e. The van der Waals surface area contributed by atoms with E-state index in [4.69, 9.17) is 4.74 Å². The standard InChI is InChI=1S/C18H16N2O3/c1-23-14-7-8-15-13(9-14)10-16(20-17(15)21)18(22)19-11-12-5-3-2-4-6-12/h2-10H,11H2,1H3,(H,19,22)(H,20,21). The molecular formula is C18H16N2O3. The van der Waals surface area contributed by atoms with Gasteiger partial charge in [0.1, 0.15) is 11.4 Å². The Morgan fingerprint density at radius 1 is 1.13 bits per heavy atom. The predicted octanol–water partition coefficient (Wildman–Crippen LogP) is 2.47. The topological polar surface area (TPSA) is 71.2 Å². The summed E-state index contributed by atoms with van der Waals surface area (Å²) in [5, 5.41) is 3.98. The molecule has 0 saturated carbocycles. The van der Waals surface area contributed by atoms with Gasteiger partial charge in [0.25, 0.3) is 11.5 Å². The fourth-order valence-corrected chi connectivity index (χ4v) is 2.37. The molecule has 0 aliphatic rings. The molecule has 0 spiro atoms. The van der Waals surface area contributed by atoms with Crippen molar-refractivity contribution in [3.8, 4) is 5.75 Å². The van der Waals surface area contributed by atoms with E-state index in [1.807, 2.05) is 30.3 Å². The number of H-pyrrole nitrogens is 1. The minimum atomic E-state index is -0.323. The van der Waals surface area contributed by atoms with Crippen molar-refractivity contribution in [2.75, 3.05) is 7.11 Å². The number of carbonyl (C=O) groups is 1. The fourth-order valence-electron chi connectivity index (χ4n) is 2.37. The first-order valence-corrected chi connectivity index (χ1v) is 7.20. The first-order chi connectivity index (χ1) is 11.2. The minimum Gasteiger partial charge on any atom is -0.497 e. The van der Waals surface area contributed by atoms with Gasteiger partial charge in [0.15, 0.2) is 0 Å². The van der Waals surface area contributed by atoms with E-state index in [1.165, 1.54) is 0 Å². The second-order valence-electron chi connectivity index (χ2n) is 5.13. The van der Waals surface area contributed by atoms with E-state index in [-0.39, 0.29) is 17.2 Å². The van der Waals surface area contributed by atoms with Crippen LogP contribution in [-0.2, 0) is 6.54 Å². The predicted molar refractivity (Wildman–Crippen MR) is 88.7 cm³/mol. The van der Waals surface area contributed by atoms with Crippen LogP contribution in [0.5, 0.6) is 5.75 Å². The Morgan fingerprint density at radius 2 is 1.91 bits per heavy atom. The summed E-state index contributed by atoms with van der Waals surface area (Å²) in [7, 11) is 1.56. The maximum absolute atomic E-state index is 12.3. The molecule has 0 fully saturated rings. The highest BCUT2D eigenvalue weighted by Crippen LogP contribution is 2.18. The fraction of sp³-hybridized carbons (Fsp3) is 0.111. The Hall–Kier alpha value is -3.08. The third-order valence-electron chi connectivity index (χ3n) is 3.59. The van der Waals surface area contributed by atoms with Crippen LogP contribution >= 0.6 is 0 Å². The monoisotopic (exact) mass is 308 g/mol. The van der Waals surface area contributed by atoms with Crippen LogP contribution in [0.15, 0.2) is 59.4 Å². The van der Waals surface area contributed by atoms with E-state index < -0.39 is 0 Å².